The van der Waals surface area contributed by atoms with Crippen molar-refractivity contribution in [3.63, 3.8) is 0 Å². The predicted molar refractivity (Wildman–Crippen MR) is 63.0 cm³/mol. The molecule has 2 saturated carbocycles. The molecular formula is C14H18FN. The Hall–Kier alpha value is -0.890. The van der Waals surface area contributed by atoms with Gasteiger partial charge in [0.25, 0.3) is 0 Å². The van der Waals surface area contributed by atoms with Crippen LogP contribution in [0, 0.1) is 18.7 Å². The van der Waals surface area contributed by atoms with Gasteiger partial charge in [-0.1, -0.05) is 17.7 Å². The number of nitrogens with one attached hydrogen (secondary N) is 1. The molecule has 16 heavy (non-hydrogen) atoms. The lowest BCUT2D eigenvalue weighted by Crippen LogP contribution is -2.19. The lowest BCUT2D eigenvalue weighted by atomic mass is 10.1. The van der Waals surface area contributed by atoms with Crippen LogP contribution in [0.3, 0.4) is 0 Å². The third kappa shape index (κ3) is 2.12. The number of halogens is 1. The molecule has 2 unspecified atom stereocenters. The fourth-order valence-electron chi connectivity index (χ4n) is 2.41. The van der Waals surface area contributed by atoms with Crippen LogP contribution in [-0.4, -0.2) is 12.6 Å². The van der Waals surface area contributed by atoms with Crippen molar-refractivity contribution in [2.75, 3.05) is 6.54 Å². The van der Waals surface area contributed by atoms with Gasteiger partial charge in [-0.2, -0.15) is 0 Å². The number of hydrogen-bond donors (Lipinski definition) is 1. The van der Waals surface area contributed by atoms with Crippen molar-refractivity contribution in [1.29, 1.82) is 0 Å². The molecule has 0 aliphatic heterocycles. The smallest absolute Gasteiger partial charge is 0.126 e. The van der Waals surface area contributed by atoms with Gasteiger partial charge in [0.15, 0.2) is 0 Å². The first-order chi connectivity index (χ1) is 7.74. The second-order valence-corrected chi connectivity index (χ2v) is 5.31. The van der Waals surface area contributed by atoms with E-state index in [0.29, 0.717) is 11.8 Å². The summed E-state index contributed by atoms with van der Waals surface area (Å²) in [6.07, 6.45) is 3.81. The minimum atomic E-state index is -0.0236. The summed E-state index contributed by atoms with van der Waals surface area (Å²) in [5.74, 6) is 1.10. The maximum Gasteiger partial charge on any atom is 0.126 e. The van der Waals surface area contributed by atoms with Crippen LogP contribution in [0.25, 0.3) is 0 Å². The number of hydrogen-bond acceptors (Lipinski definition) is 1. The quantitative estimate of drug-likeness (QED) is 0.821. The molecule has 2 fully saturated rings. The fraction of sp³-hybridized carbons (Fsp3) is 0.571. The van der Waals surface area contributed by atoms with Gasteiger partial charge >= 0.3 is 0 Å². The zero-order valence-corrected chi connectivity index (χ0v) is 9.67. The van der Waals surface area contributed by atoms with E-state index in [1.54, 1.807) is 6.07 Å². The lowest BCUT2D eigenvalue weighted by molar-refractivity contribution is 0.591. The van der Waals surface area contributed by atoms with Crippen molar-refractivity contribution >= 4 is 0 Å². The maximum atomic E-state index is 13.6. The van der Waals surface area contributed by atoms with E-state index in [9.17, 15) is 4.39 Å². The summed E-state index contributed by atoms with van der Waals surface area (Å²) in [6, 6.07) is 6.23. The van der Waals surface area contributed by atoms with Crippen molar-refractivity contribution < 1.29 is 4.39 Å². The van der Waals surface area contributed by atoms with Crippen LogP contribution in [-0.2, 0) is 0 Å². The van der Waals surface area contributed by atoms with E-state index >= 15 is 0 Å². The van der Waals surface area contributed by atoms with Crippen molar-refractivity contribution in [3.8, 4) is 0 Å². The zero-order chi connectivity index (χ0) is 11.1. The topological polar surface area (TPSA) is 12.0 Å². The molecule has 3 rings (SSSR count). The van der Waals surface area contributed by atoms with Gasteiger partial charge in [-0.25, -0.2) is 4.39 Å². The van der Waals surface area contributed by atoms with Crippen LogP contribution in [0.5, 0.6) is 0 Å². The summed E-state index contributed by atoms with van der Waals surface area (Å²) in [4.78, 5) is 0. The highest BCUT2D eigenvalue weighted by Crippen LogP contribution is 2.48. The minimum Gasteiger partial charge on any atom is -0.314 e. The molecule has 1 nitrogen and oxygen atoms in total. The SMILES string of the molecule is Cc1ccc(F)c(C2CC2CNC2CC2)c1. The monoisotopic (exact) mass is 219 g/mol. The number of aryl methyl sites for hydroxylation is 1. The first-order valence-corrected chi connectivity index (χ1v) is 6.23. The molecule has 1 N–H and O–H groups in total. The molecule has 2 atom stereocenters. The van der Waals surface area contributed by atoms with Crippen LogP contribution in [0.4, 0.5) is 4.39 Å². The van der Waals surface area contributed by atoms with Crippen molar-refractivity contribution in [2.24, 2.45) is 5.92 Å². The predicted octanol–water partition coefficient (Wildman–Crippen LogP) is 2.99. The largest absolute Gasteiger partial charge is 0.314 e. The molecule has 86 valence electrons. The first kappa shape index (κ1) is 10.3. The van der Waals surface area contributed by atoms with E-state index in [1.165, 1.54) is 12.8 Å². The van der Waals surface area contributed by atoms with Gasteiger partial charge in [-0.3, -0.25) is 0 Å². The lowest BCUT2D eigenvalue weighted by Gasteiger charge is -2.05. The first-order valence-electron chi connectivity index (χ1n) is 6.23. The fourth-order valence-corrected chi connectivity index (χ4v) is 2.41. The normalized spacial score (nSPS) is 28.1. The zero-order valence-electron chi connectivity index (χ0n) is 9.67. The summed E-state index contributed by atoms with van der Waals surface area (Å²) < 4.78 is 13.6. The third-order valence-corrected chi connectivity index (χ3v) is 3.72. The van der Waals surface area contributed by atoms with Crippen molar-refractivity contribution in [3.05, 3.63) is 35.1 Å². The van der Waals surface area contributed by atoms with Gasteiger partial charge in [0.2, 0.25) is 0 Å². The summed E-state index contributed by atoms with van der Waals surface area (Å²) in [5, 5.41) is 3.53. The molecule has 2 heteroatoms. The molecule has 0 saturated heterocycles. The van der Waals surface area contributed by atoms with Crippen molar-refractivity contribution in [1.82, 2.24) is 5.32 Å². The Morgan fingerprint density at radius 2 is 2.19 bits per heavy atom. The summed E-state index contributed by atoms with van der Waals surface area (Å²) in [6.45, 7) is 3.10. The average Bonchev–Trinajstić information content (AvgIpc) is 3.13. The minimum absolute atomic E-state index is 0.0236. The highest BCUT2D eigenvalue weighted by atomic mass is 19.1. The van der Waals surface area contributed by atoms with Gasteiger partial charge in [0, 0.05) is 6.04 Å². The third-order valence-electron chi connectivity index (χ3n) is 3.72. The Bertz CT molecular complexity index is 398. The standard InChI is InChI=1S/C14H18FN/c1-9-2-5-14(15)13(6-9)12-7-10(12)8-16-11-3-4-11/h2,5-6,10-12,16H,3-4,7-8H2,1H3. The van der Waals surface area contributed by atoms with E-state index in [1.807, 2.05) is 19.1 Å². The Labute approximate surface area is 96.1 Å². The highest BCUT2D eigenvalue weighted by Gasteiger charge is 2.40. The Morgan fingerprint density at radius 3 is 2.94 bits per heavy atom. The van der Waals surface area contributed by atoms with Crippen LogP contribution < -0.4 is 5.32 Å². The Kier molecular flexibility index (Phi) is 2.47. The van der Waals surface area contributed by atoms with Gasteiger partial charge in [-0.15, -0.1) is 0 Å². The number of benzene rings is 1. The second-order valence-electron chi connectivity index (χ2n) is 5.31. The highest BCUT2D eigenvalue weighted by molar-refractivity contribution is 5.31. The van der Waals surface area contributed by atoms with Crippen molar-refractivity contribution in [2.45, 2.75) is 38.1 Å². The van der Waals surface area contributed by atoms with E-state index in [4.69, 9.17) is 0 Å². The van der Waals surface area contributed by atoms with Gasteiger partial charge in [-0.05, 0) is 56.2 Å². The van der Waals surface area contributed by atoms with Crippen LogP contribution in [0.2, 0.25) is 0 Å². The van der Waals surface area contributed by atoms with E-state index in [0.717, 1.165) is 30.1 Å². The molecule has 1 aromatic rings. The van der Waals surface area contributed by atoms with E-state index < -0.39 is 0 Å². The molecular weight excluding hydrogens is 201 g/mol. The number of rotatable bonds is 4. The molecule has 0 radical (unpaired) electrons. The van der Waals surface area contributed by atoms with Gasteiger partial charge in [0.1, 0.15) is 5.82 Å². The Morgan fingerprint density at radius 1 is 1.38 bits per heavy atom. The van der Waals surface area contributed by atoms with Gasteiger partial charge < -0.3 is 5.32 Å². The van der Waals surface area contributed by atoms with E-state index in [2.05, 4.69) is 5.32 Å². The molecule has 2 aliphatic carbocycles. The van der Waals surface area contributed by atoms with Gasteiger partial charge in [0.05, 0.1) is 0 Å². The average molecular weight is 219 g/mol. The van der Waals surface area contributed by atoms with Crippen LogP contribution in [0.1, 0.15) is 36.3 Å². The summed E-state index contributed by atoms with van der Waals surface area (Å²) in [7, 11) is 0. The molecule has 0 amide bonds. The van der Waals surface area contributed by atoms with E-state index in [-0.39, 0.29) is 5.82 Å². The van der Waals surface area contributed by atoms with Crippen LogP contribution in [0.15, 0.2) is 18.2 Å². The molecule has 0 heterocycles. The second kappa shape index (κ2) is 3.85. The molecule has 2 aliphatic rings. The summed E-state index contributed by atoms with van der Waals surface area (Å²) >= 11 is 0. The molecule has 0 bridgehead atoms. The summed E-state index contributed by atoms with van der Waals surface area (Å²) in [5.41, 5.74) is 2.10. The molecule has 0 spiro atoms. The molecule has 0 aromatic heterocycles. The molecule has 1 aromatic carbocycles. The van der Waals surface area contributed by atoms with Crippen LogP contribution >= 0.6 is 0 Å². The maximum absolute atomic E-state index is 13.6. The Balaban J connectivity index is 1.62.